The molecule has 0 unspecified atom stereocenters. The van der Waals surface area contributed by atoms with E-state index in [0.717, 1.165) is 0 Å². The first-order valence-corrected chi connectivity index (χ1v) is 7.23. The Morgan fingerprint density at radius 2 is 1.75 bits per heavy atom. The number of hydrogen-bond donors (Lipinski definition) is 2. The van der Waals surface area contributed by atoms with Crippen molar-refractivity contribution in [3.05, 3.63) is 59.9 Å². The maximum atomic E-state index is 13.3. The fourth-order valence-corrected chi connectivity index (χ4v) is 1.85. The van der Waals surface area contributed by atoms with Gasteiger partial charge in [-0.3, -0.25) is 9.59 Å². The van der Waals surface area contributed by atoms with E-state index in [1.807, 2.05) is 0 Å². The van der Waals surface area contributed by atoms with Crippen LogP contribution in [0.2, 0.25) is 0 Å². The molecule has 6 nitrogen and oxygen atoms in total. The smallest absolute Gasteiger partial charge is 0.255 e. The van der Waals surface area contributed by atoms with Crippen molar-refractivity contribution in [2.45, 2.75) is 0 Å². The number of nitrogens with one attached hydrogen (secondary N) is 1. The molecule has 2 aromatic rings. The van der Waals surface area contributed by atoms with Crippen molar-refractivity contribution in [2.75, 3.05) is 19.8 Å². The highest BCUT2D eigenvalue weighted by Crippen LogP contribution is 2.15. The van der Waals surface area contributed by atoms with Crippen LogP contribution in [0.15, 0.2) is 48.5 Å². The van der Waals surface area contributed by atoms with E-state index in [1.165, 1.54) is 12.1 Å². The van der Waals surface area contributed by atoms with Crippen molar-refractivity contribution >= 4 is 11.8 Å². The van der Waals surface area contributed by atoms with E-state index in [0.29, 0.717) is 11.3 Å². The van der Waals surface area contributed by atoms with Crippen molar-refractivity contribution < 1.29 is 23.5 Å². The van der Waals surface area contributed by atoms with Gasteiger partial charge in [0.25, 0.3) is 11.8 Å². The first kappa shape index (κ1) is 17.3. The summed E-state index contributed by atoms with van der Waals surface area (Å²) in [5, 5.41) is 2.66. The summed E-state index contributed by atoms with van der Waals surface area (Å²) < 4.78 is 23.7. The Labute approximate surface area is 138 Å². The lowest BCUT2D eigenvalue weighted by Gasteiger charge is -2.09. The van der Waals surface area contributed by atoms with E-state index in [1.54, 1.807) is 36.4 Å². The summed E-state index contributed by atoms with van der Waals surface area (Å²) in [6.45, 7) is 0.151. The van der Waals surface area contributed by atoms with Gasteiger partial charge in [-0.25, -0.2) is 4.39 Å². The van der Waals surface area contributed by atoms with Gasteiger partial charge in [-0.2, -0.15) is 0 Å². The minimum atomic E-state index is -0.577. The van der Waals surface area contributed by atoms with Gasteiger partial charge < -0.3 is 20.5 Å². The Morgan fingerprint density at radius 3 is 2.42 bits per heavy atom. The van der Waals surface area contributed by atoms with Crippen molar-refractivity contribution in [1.82, 2.24) is 5.32 Å². The van der Waals surface area contributed by atoms with Crippen LogP contribution < -0.4 is 20.5 Å². The van der Waals surface area contributed by atoms with Crippen LogP contribution in [0.1, 0.15) is 10.4 Å². The molecule has 0 saturated heterocycles. The van der Waals surface area contributed by atoms with Gasteiger partial charge in [0, 0.05) is 5.56 Å². The molecule has 24 heavy (non-hydrogen) atoms. The van der Waals surface area contributed by atoms with Crippen LogP contribution in [-0.2, 0) is 4.79 Å². The number of benzene rings is 2. The Hall–Kier alpha value is -3.09. The molecule has 0 aliphatic heterocycles. The summed E-state index contributed by atoms with van der Waals surface area (Å²) >= 11 is 0. The average Bonchev–Trinajstić information content (AvgIpc) is 2.58. The first-order chi connectivity index (χ1) is 11.6. The molecule has 2 amide bonds. The molecule has 0 fully saturated rings. The standard InChI is InChI=1S/C17H17FN2O4/c18-14-3-1-2-4-15(14)23-10-9-20-17(22)12-5-7-13(8-6-12)24-11-16(19)21/h1-8H,9-11H2,(H2,19,21)(H,20,22). The number of primary amides is 1. The molecule has 0 saturated carbocycles. The van der Waals surface area contributed by atoms with E-state index in [-0.39, 0.29) is 31.4 Å². The lowest BCUT2D eigenvalue weighted by Crippen LogP contribution is -2.28. The maximum Gasteiger partial charge on any atom is 0.255 e. The fraction of sp³-hybridized carbons (Fsp3) is 0.176. The van der Waals surface area contributed by atoms with Crippen LogP contribution in [0.25, 0.3) is 0 Å². The summed E-state index contributed by atoms with van der Waals surface area (Å²) in [4.78, 5) is 22.6. The molecule has 0 spiro atoms. The van der Waals surface area contributed by atoms with Crippen LogP contribution in [0.4, 0.5) is 4.39 Å². The van der Waals surface area contributed by atoms with Gasteiger partial charge in [0.2, 0.25) is 0 Å². The number of hydrogen-bond acceptors (Lipinski definition) is 4. The highest BCUT2D eigenvalue weighted by molar-refractivity contribution is 5.94. The van der Waals surface area contributed by atoms with E-state index in [9.17, 15) is 14.0 Å². The summed E-state index contributed by atoms with van der Waals surface area (Å²) in [6.07, 6.45) is 0. The van der Waals surface area contributed by atoms with Gasteiger partial charge in [0.05, 0.1) is 6.54 Å². The van der Waals surface area contributed by atoms with Crippen LogP contribution in [-0.4, -0.2) is 31.6 Å². The van der Waals surface area contributed by atoms with Gasteiger partial charge in [-0.15, -0.1) is 0 Å². The molecular weight excluding hydrogens is 315 g/mol. The second kappa shape index (κ2) is 8.52. The number of halogens is 1. The Kier molecular flexibility index (Phi) is 6.13. The number of carbonyl (C=O) groups is 2. The third-order valence-electron chi connectivity index (χ3n) is 2.98. The molecule has 0 heterocycles. The quantitative estimate of drug-likeness (QED) is 0.717. The lowest BCUT2D eigenvalue weighted by molar-refractivity contribution is -0.119. The third kappa shape index (κ3) is 5.28. The van der Waals surface area contributed by atoms with Gasteiger partial charge in [-0.05, 0) is 36.4 Å². The average molecular weight is 332 g/mol. The molecule has 0 aliphatic rings. The molecule has 2 aromatic carbocycles. The number of amides is 2. The number of nitrogens with two attached hydrogens (primary N) is 1. The molecule has 0 aromatic heterocycles. The second-order valence-corrected chi connectivity index (χ2v) is 4.81. The third-order valence-corrected chi connectivity index (χ3v) is 2.98. The van der Waals surface area contributed by atoms with Crippen LogP contribution in [0.5, 0.6) is 11.5 Å². The molecule has 126 valence electrons. The molecule has 7 heteroatoms. The number of para-hydroxylation sites is 1. The van der Waals surface area contributed by atoms with Gasteiger partial charge in [0.15, 0.2) is 18.2 Å². The molecule has 2 rings (SSSR count). The Balaban J connectivity index is 1.76. The zero-order valence-electron chi connectivity index (χ0n) is 12.8. The molecule has 0 aliphatic carbocycles. The first-order valence-electron chi connectivity index (χ1n) is 7.23. The van der Waals surface area contributed by atoms with Gasteiger partial charge in [-0.1, -0.05) is 12.1 Å². The zero-order valence-corrected chi connectivity index (χ0v) is 12.8. The number of rotatable bonds is 8. The maximum absolute atomic E-state index is 13.3. The minimum absolute atomic E-state index is 0.141. The van der Waals surface area contributed by atoms with Crippen LogP contribution in [0, 0.1) is 5.82 Å². The van der Waals surface area contributed by atoms with Crippen molar-refractivity contribution in [3.8, 4) is 11.5 Å². The number of ether oxygens (including phenoxy) is 2. The largest absolute Gasteiger partial charge is 0.489 e. The summed E-state index contributed by atoms with van der Waals surface area (Å²) in [5.74, 6) is -0.744. The van der Waals surface area contributed by atoms with Crippen molar-refractivity contribution in [1.29, 1.82) is 0 Å². The zero-order chi connectivity index (χ0) is 17.4. The van der Waals surface area contributed by atoms with Crippen molar-refractivity contribution in [2.24, 2.45) is 5.73 Å². The van der Waals surface area contributed by atoms with E-state index in [4.69, 9.17) is 15.2 Å². The van der Waals surface area contributed by atoms with Gasteiger partial charge >= 0.3 is 0 Å². The molecular formula is C17H17FN2O4. The minimum Gasteiger partial charge on any atom is -0.489 e. The normalized spacial score (nSPS) is 10.0. The van der Waals surface area contributed by atoms with E-state index < -0.39 is 11.7 Å². The highest BCUT2D eigenvalue weighted by atomic mass is 19.1. The molecule has 0 bridgehead atoms. The topological polar surface area (TPSA) is 90.7 Å². The summed E-state index contributed by atoms with van der Waals surface area (Å²) in [5.41, 5.74) is 5.40. The Morgan fingerprint density at radius 1 is 1.04 bits per heavy atom. The second-order valence-electron chi connectivity index (χ2n) is 4.81. The number of carbonyl (C=O) groups excluding carboxylic acids is 2. The Bertz CT molecular complexity index is 704. The lowest BCUT2D eigenvalue weighted by atomic mass is 10.2. The van der Waals surface area contributed by atoms with Gasteiger partial charge in [0.1, 0.15) is 12.4 Å². The monoisotopic (exact) mass is 332 g/mol. The summed E-state index contributed by atoms with van der Waals surface area (Å²) in [7, 11) is 0. The predicted octanol–water partition coefficient (Wildman–Crippen LogP) is 1.50. The van der Waals surface area contributed by atoms with E-state index >= 15 is 0 Å². The van der Waals surface area contributed by atoms with E-state index in [2.05, 4.69) is 5.32 Å². The highest BCUT2D eigenvalue weighted by Gasteiger charge is 2.06. The summed E-state index contributed by atoms with van der Waals surface area (Å²) in [6, 6.07) is 12.3. The molecule has 3 N–H and O–H groups in total. The fourth-order valence-electron chi connectivity index (χ4n) is 1.85. The molecule has 0 atom stereocenters. The van der Waals surface area contributed by atoms with Crippen LogP contribution >= 0.6 is 0 Å². The predicted molar refractivity (Wildman–Crippen MR) is 85.4 cm³/mol. The van der Waals surface area contributed by atoms with Crippen LogP contribution in [0.3, 0.4) is 0 Å². The van der Waals surface area contributed by atoms with Crippen molar-refractivity contribution in [3.63, 3.8) is 0 Å². The molecule has 0 radical (unpaired) electrons. The SMILES string of the molecule is NC(=O)COc1ccc(C(=O)NCCOc2ccccc2F)cc1.